The van der Waals surface area contributed by atoms with E-state index in [9.17, 15) is 9.59 Å². The van der Waals surface area contributed by atoms with Gasteiger partial charge in [-0.05, 0) is 42.9 Å². The lowest BCUT2D eigenvalue weighted by Gasteiger charge is -2.30. The minimum absolute atomic E-state index is 0.0153. The minimum Gasteiger partial charge on any atom is -0.355 e. The van der Waals surface area contributed by atoms with E-state index in [4.69, 9.17) is 0 Å². The Morgan fingerprint density at radius 3 is 2.11 bits per heavy atom. The van der Waals surface area contributed by atoms with Crippen LogP contribution in [0.1, 0.15) is 50.3 Å². The minimum atomic E-state index is -0.449. The molecule has 0 heterocycles. The van der Waals surface area contributed by atoms with E-state index in [0.29, 0.717) is 32.4 Å². The number of carbonyl (C=O) groups excluding carboxylic acids is 2. The monoisotopic (exact) mass is 380 g/mol. The van der Waals surface area contributed by atoms with Crippen LogP contribution in [0.2, 0.25) is 0 Å². The molecule has 0 fully saturated rings. The highest BCUT2D eigenvalue weighted by Gasteiger charge is 2.27. The first-order chi connectivity index (χ1) is 13.6. The molecule has 0 bridgehead atoms. The van der Waals surface area contributed by atoms with Crippen molar-refractivity contribution in [2.45, 2.75) is 59.0 Å². The summed E-state index contributed by atoms with van der Waals surface area (Å²) in [5.41, 5.74) is 3.48. The van der Waals surface area contributed by atoms with Crippen LogP contribution in [0.25, 0.3) is 0 Å². The van der Waals surface area contributed by atoms with E-state index in [0.717, 1.165) is 17.5 Å². The van der Waals surface area contributed by atoms with Gasteiger partial charge in [0.25, 0.3) is 0 Å². The summed E-state index contributed by atoms with van der Waals surface area (Å²) >= 11 is 0. The van der Waals surface area contributed by atoms with Crippen molar-refractivity contribution in [3.8, 4) is 0 Å². The van der Waals surface area contributed by atoms with Crippen LogP contribution in [0, 0.1) is 0 Å². The SMILES string of the molecule is CCNC(=O)[C@@H](CC)N(Cc1ccccc1)C(=O)CCc1ccc(CC)cc1. The Bertz CT molecular complexity index is 741. The lowest BCUT2D eigenvalue weighted by atomic mass is 10.0. The molecule has 1 atom stereocenters. The van der Waals surface area contributed by atoms with E-state index >= 15 is 0 Å². The van der Waals surface area contributed by atoms with Gasteiger partial charge in [-0.25, -0.2) is 0 Å². The summed E-state index contributed by atoms with van der Waals surface area (Å²) in [7, 11) is 0. The highest BCUT2D eigenvalue weighted by molar-refractivity contribution is 5.87. The largest absolute Gasteiger partial charge is 0.355 e. The smallest absolute Gasteiger partial charge is 0.242 e. The zero-order valence-electron chi connectivity index (χ0n) is 17.3. The second kappa shape index (κ2) is 11.3. The number of aryl methyl sites for hydroxylation is 2. The number of amides is 2. The Labute approximate surface area is 169 Å². The van der Waals surface area contributed by atoms with Gasteiger partial charge in [-0.2, -0.15) is 0 Å². The number of likely N-dealkylation sites (N-methyl/N-ethyl adjacent to an activating group) is 1. The summed E-state index contributed by atoms with van der Waals surface area (Å²) in [6.07, 6.45) is 2.68. The van der Waals surface area contributed by atoms with Gasteiger partial charge in [0, 0.05) is 19.5 Å². The van der Waals surface area contributed by atoms with Crippen molar-refractivity contribution in [2.24, 2.45) is 0 Å². The first-order valence-corrected chi connectivity index (χ1v) is 10.3. The average molecular weight is 381 g/mol. The molecule has 0 unspecified atom stereocenters. The lowest BCUT2D eigenvalue weighted by Crippen LogP contribution is -2.49. The molecule has 4 nitrogen and oxygen atoms in total. The maximum atomic E-state index is 13.1. The summed E-state index contributed by atoms with van der Waals surface area (Å²) in [6, 6.07) is 17.8. The summed E-state index contributed by atoms with van der Waals surface area (Å²) in [5, 5.41) is 2.87. The maximum Gasteiger partial charge on any atom is 0.242 e. The molecular formula is C24H32N2O2. The van der Waals surface area contributed by atoms with Crippen molar-refractivity contribution in [1.82, 2.24) is 10.2 Å². The highest BCUT2D eigenvalue weighted by Crippen LogP contribution is 2.15. The van der Waals surface area contributed by atoms with Crippen molar-refractivity contribution in [1.29, 1.82) is 0 Å². The Morgan fingerprint density at radius 2 is 1.54 bits per heavy atom. The summed E-state index contributed by atoms with van der Waals surface area (Å²) < 4.78 is 0. The van der Waals surface area contributed by atoms with Crippen molar-refractivity contribution in [3.05, 3.63) is 71.3 Å². The van der Waals surface area contributed by atoms with Crippen LogP contribution in [-0.2, 0) is 29.0 Å². The summed E-state index contributed by atoms with van der Waals surface area (Å²) in [5.74, 6) is -0.0666. The predicted octanol–water partition coefficient (Wildman–Crippen LogP) is 4.13. The zero-order valence-corrected chi connectivity index (χ0v) is 17.3. The molecule has 0 aliphatic rings. The van der Waals surface area contributed by atoms with Crippen LogP contribution in [0.15, 0.2) is 54.6 Å². The first kappa shape index (κ1) is 21.7. The van der Waals surface area contributed by atoms with Crippen molar-refractivity contribution >= 4 is 11.8 Å². The standard InChI is InChI=1S/C24H32N2O2/c1-4-19-12-14-20(15-13-19)16-17-23(27)26(18-21-10-8-7-9-11-21)22(5-2)24(28)25-6-3/h7-15,22H,4-6,16-18H2,1-3H3,(H,25,28)/t22-/m1/s1. The molecule has 2 aromatic carbocycles. The van der Waals surface area contributed by atoms with E-state index in [-0.39, 0.29) is 11.8 Å². The Kier molecular flexibility index (Phi) is 8.73. The molecule has 0 spiro atoms. The molecule has 150 valence electrons. The quantitative estimate of drug-likeness (QED) is 0.674. The number of carbonyl (C=O) groups is 2. The van der Waals surface area contributed by atoms with Gasteiger partial charge in [0.15, 0.2) is 0 Å². The third kappa shape index (κ3) is 6.22. The Hall–Kier alpha value is -2.62. The molecule has 2 amide bonds. The molecule has 0 radical (unpaired) electrons. The number of benzene rings is 2. The molecule has 2 rings (SSSR count). The van der Waals surface area contributed by atoms with E-state index in [2.05, 4.69) is 36.5 Å². The van der Waals surface area contributed by atoms with Gasteiger partial charge in [-0.1, -0.05) is 68.4 Å². The molecule has 1 N–H and O–H groups in total. The van der Waals surface area contributed by atoms with E-state index in [1.54, 1.807) is 4.90 Å². The van der Waals surface area contributed by atoms with Gasteiger partial charge in [-0.3, -0.25) is 9.59 Å². The second-order valence-corrected chi connectivity index (χ2v) is 7.00. The summed E-state index contributed by atoms with van der Waals surface area (Å²) in [6.45, 7) is 6.99. The fourth-order valence-electron chi connectivity index (χ4n) is 3.33. The fraction of sp³-hybridized carbons (Fsp3) is 0.417. The topological polar surface area (TPSA) is 49.4 Å². The van der Waals surface area contributed by atoms with Crippen LogP contribution in [-0.4, -0.2) is 29.3 Å². The molecule has 2 aromatic rings. The van der Waals surface area contributed by atoms with Crippen LogP contribution in [0.5, 0.6) is 0 Å². The normalized spacial score (nSPS) is 11.7. The third-order valence-electron chi connectivity index (χ3n) is 4.99. The Balaban J connectivity index is 2.13. The van der Waals surface area contributed by atoms with E-state index < -0.39 is 6.04 Å². The maximum absolute atomic E-state index is 13.1. The van der Waals surface area contributed by atoms with Crippen molar-refractivity contribution < 1.29 is 9.59 Å². The number of nitrogens with zero attached hydrogens (tertiary/aromatic N) is 1. The summed E-state index contributed by atoms with van der Waals surface area (Å²) in [4.78, 5) is 27.4. The lowest BCUT2D eigenvalue weighted by molar-refractivity contribution is -0.141. The predicted molar refractivity (Wildman–Crippen MR) is 114 cm³/mol. The molecule has 0 saturated carbocycles. The van der Waals surface area contributed by atoms with Gasteiger partial charge < -0.3 is 10.2 Å². The number of nitrogens with one attached hydrogen (secondary N) is 1. The van der Waals surface area contributed by atoms with Gasteiger partial charge in [0.2, 0.25) is 11.8 Å². The highest BCUT2D eigenvalue weighted by atomic mass is 16.2. The molecule has 28 heavy (non-hydrogen) atoms. The number of rotatable bonds is 10. The van der Waals surface area contributed by atoms with Crippen LogP contribution in [0.3, 0.4) is 0 Å². The number of hydrogen-bond donors (Lipinski definition) is 1. The van der Waals surface area contributed by atoms with Gasteiger partial charge in [0.05, 0.1) is 0 Å². The van der Waals surface area contributed by atoms with Crippen LogP contribution >= 0.6 is 0 Å². The zero-order chi connectivity index (χ0) is 20.4. The van der Waals surface area contributed by atoms with Crippen molar-refractivity contribution in [3.63, 3.8) is 0 Å². The first-order valence-electron chi connectivity index (χ1n) is 10.3. The average Bonchev–Trinajstić information content (AvgIpc) is 2.73. The van der Waals surface area contributed by atoms with Gasteiger partial charge >= 0.3 is 0 Å². The van der Waals surface area contributed by atoms with Crippen LogP contribution < -0.4 is 5.32 Å². The fourth-order valence-corrected chi connectivity index (χ4v) is 3.33. The van der Waals surface area contributed by atoms with Gasteiger partial charge in [0.1, 0.15) is 6.04 Å². The molecule has 4 heteroatoms. The molecule has 0 aromatic heterocycles. The van der Waals surface area contributed by atoms with Crippen molar-refractivity contribution in [2.75, 3.05) is 6.54 Å². The number of hydrogen-bond acceptors (Lipinski definition) is 2. The molecule has 0 saturated heterocycles. The van der Waals surface area contributed by atoms with Gasteiger partial charge in [-0.15, -0.1) is 0 Å². The second-order valence-electron chi connectivity index (χ2n) is 7.00. The Morgan fingerprint density at radius 1 is 0.893 bits per heavy atom. The van der Waals surface area contributed by atoms with E-state index in [1.807, 2.05) is 44.2 Å². The molecule has 0 aliphatic heterocycles. The molecule has 0 aliphatic carbocycles. The third-order valence-corrected chi connectivity index (χ3v) is 4.99. The van der Waals surface area contributed by atoms with Crippen LogP contribution in [0.4, 0.5) is 0 Å². The molecular weight excluding hydrogens is 348 g/mol. The van der Waals surface area contributed by atoms with E-state index in [1.165, 1.54) is 5.56 Å².